The first-order valence-electron chi connectivity index (χ1n) is 5.85. The van der Waals surface area contributed by atoms with E-state index in [1.807, 2.05) is 0 Å². The number of carbonyl (C=O) groups is 1. The number of rotatable bonds is 2. The van der Waals surface area contributed by atoms with Crippen molar-refractivity contribution in [1.82, 2.24) is 5.32 Å². The minimum Gasteiger partial charge on any atom is -0.507 e. The Labute approximate surface area is 101 Å². The van der Waals surface area contributed by atoms with Gasteiger partial charge < -0.3 is 15.2 Å². The van der Waals surface area contributed by atoms with Gasteiger partial charge in [0.05, 0.1) is 5.56 Å². The number of phenolic OH excluding ortho intramolecular Hbond substituents is 1. The van der Waals surface area contributed by atoms with Gasteiger partial charge in [0.25, 0.3) is 5.91 Å². The highest BCUT2D eigenvalue weighted by Gasteiger charge is 2.19. The first-order valence-corrected chi connectivity index (χ1v) is 5.85. The lowest BCUT2D eigenvalue weighted by Crippen LogP contribution is -2.38. The van der Waals surface area contributed by atoms with Gasteiger partial charge in [0.15, 0.2) is 0 Å². The Morgan fingerprint density at radius 1 is 1.41 bits per heavy atom. The molecule has 4 heteroatoms. The van der Waals surface area contributed by atoms with Crippen LogP contribution in [0.3, 0.4) is 0 Å². The normalized spacial score (nSPS) is 16.8. The van der Waals surface area contributed by atoms with E-state index < -0.39 is 0 Å². The zero-order valence-electron chi connectivity index (χ0n) is 9.90. The van der Waals surface area contributed by atoms with Gasteiger partial charge in [-0.2, -0.15) is 0 Å². The molecule has 0 aromatic heterocycles. The SMILES string of the molecule is Cc1cccc(C(=O)NC2CCOCC2)c1O. The molecule has 1 aromatic rings. The number of aryl methyl sites for hydroxylation is 1. The van der Waals surface area contributed by atoms with Gasteiger partial charge in [-0.1, -0.05) is 12.1 Å². The number of para-hydroxylation sites is 1. The van der Waals surface area contributed by atoms with Gasteiger partial charge in [0, 0.05) is 19.3 Å². The van der Waals surface area contributed by atoms with Crippen molar-refractivity contribution in [2.75, 3.05) is 13.2 Å². The lowest BCUT2D eigenvalue weighted by Gasteiger charge is -2.23. The molecule has 17 heavy (non-hydrogen) atoms. The standard InChI is InChI=1S/C13H17NO3/c1-9-3-2-4-11(12(9)15)13(16)14-10-5-7-17-8-6-10/h2-4,10,15H,5-8H2,1H3,(H,14,16). The van der Waals surface area contributed by atoms with Crippen molar-refractivity contribution in [1.29, 1.82) is 0 Å². The molecule has 2 rings (SSSR count). The highest BCUT2D eigenvalue weighted by atomic mass is 16.5. The summed E-state index contributed by atoms with van der Waals surface area (Å²) < 4.78 is 5.23. The molecule has 1 heterocycles. The number of nitrogens with one attached hydrogen (secondary N) is 1. The second-order valence-corrected chi connectivity index (χ2v) is 4.33. The minimum absolute atomic E-state index is 0.0667. The van der Waals surface area contributed by atoms with Gasteiger partial charge in [-0.3, -0.25) is 4.79 Å². The zero-order valence-corrected chi connectivity index (χ0v) is 9.90. The van der Waals surface area contributed by atoms with Crippen LogP contribution in [-0.4, -0.2) is 30.3 Å². The third kappa shape index (κ3) is 2.77. The van der Waals surface area contributed by atoms with E-state index in [9.17, 15) is 9.90 Å². The molecular weight excluding hydrogens is 218 g/mol. The summed E-state index contributed by atoms with van der Waals surface area (Å²) in [4.78, 5) is 12.0. The van der Waals surface area contributed by atoms with Crippen molar-refractivity contribution in [3.05, 3.63) is 29.3 Å². The molecule has 1 aliphatic heterocycles. The molecule has 0 atom stereocenters. The second kappa shape index (κ2) is 5.19. The van der Waals surface area contributed by atoms with Crippen molar-refractivity contribution in [2.24, 2.45) is 0 Å². The molecular formula is C13H17NO3. The Hall–Kier alpha value is -1.55. The Morgan fingerprint density at radius 2 is 2.12 bits per heavy atom. The van der Waals surface area contributed by atoms with Crippen molar-refractivity contribution in [3.8, 4) is 5.75 Å². The van der Waals surface area contributed by atoms with Gasteiger partial charge >= 0.3 is 0 Å². The monoisotopic (exact) mass is 235 g/mol. The molecule has 0 spiro atoms. The van der Waals surface area contributed by atoms with Crippen LogP contribution >= 0.6 is 0 Å². The van der Waals surface area contributed by atoms with Crippen LogP contribution in [0.5, 0.6) is 5.75 Å². The molecule has 2 N–H and O–H groups in total. The summed E-state index contributed by atoms with van der Waals surface area (Å²) in [6.45, 7) is 3.15. The average molecular weight is 235 g/mol. The molecule has 0 bridgehead atoms. The predicted octanol–water partition coefficient (Wildman–Crippen LogP) is 1.61. The number of benzene rings is 1. The van der Waals surface area contributed by atoms with Crippen LogP contribution in [0.2, 0.25) is 0 Å². The molecule has 1 aliphatic rings. The average Bonchev–Trinajstić information content (AvgIpc) is 2.34. The summed E-state index contributed by atoms with van der Waals surface area (Å²) in [6.07, 6.45) is 1.66. The maximum absolute atomic E-state index is 12.0. The van der Waals surface area contributed by atoms with Crippen molar-refractivity contribution in [3.63, 3.8) is 0 Å². The second-order valence-electron chi connectivity index (χ2n) is 4.33. The highest BCUT2D eigenvalue weighted by Crippen LogP contribution is 2.21. The fourth-order valence-corrected chi connectivity index (χ4v) is 1.95. The van der Waals surface area contributed by atoms with Gasteiger partial charge in [0.2, 0.25) is 0 Å². The predicted molar refractivity (Wildman–Crippen MR) is 64.2 cm³/mol. The minimum atomic E-state index is -0.210. The van der Waals surface area contributed by atoms with E-state index in [0.29, 0.717) is 24.3 Å². The smallest absolute Gasteiger partial charge is 0.255 e. The molecule has 0 saturated carbocycles. The van der Waals surface area contributed by atoms with Crippen molar-refractivity contribution >= 4 is 5.91 Å². The van der Waals surface area contributed by atoms with Gasteiger partial charge in [-0.15, -0.1) is 0 Å². The van der Waals surface area contributed by atoms with E-state index in [4.69, 9.17) is 4.74 Å². The number of amides is 1. The third-order valence-corrected chi connectivity index (χ3v) is 3.04. The zero-order chi connectivity index (χ0) is 12.3. The fourth-order valence-electron chi connectivity index (χ4n) is 1.95. The lowest BCUT2D eigenvalue weighted by atomic mass is 10.1. The Balaban J connectivity index is 2.06. The molecule has 0 unspecified atom stereocenters. The van der Waals surface area contributed by atoms with E-state index in [1.54, 1.807) is 25.1 Å². The molecule has 0 aliphatic carbocycles. The summed E-state index contributed by atoms with van der Waals surface area (Å²) in [5.74, 6) is -0.143. The van der Waals surface area contributed by atoms with E-state index in [-0.39, 0.29) is 17.7 Å². The summed E-state index contributed by atoms with van der Waals surface area (Å²) in [5.41, 5.74) is 1.06. The lowest BCUT2D eigenvalue weighted by molar-refractivity contribution is 0.0695. The quantitative estimate of drug-likeness (QED) is 0.818. The number of carbonyl (C=O) groups excluding carboxylic acids is 1. The number of ether oxygens (including phenoxy) is 1. The first-order chi connectivity index (χ1) is 8.18. The van der Waals surface area contributed by atoms with E-state index in [2.05, 4.69) is 5.32 Å². The largest absolute Gasteiger partial charge is 0.507 e. The Bertz CT molecular complexity index is 411. The molecule has 92 valence electrons. The van der Waals surface area contributed by atoms with Crippen LogP contribution in [0.4, 0.5) is 0 Å². The fraction of sp³-hybridized carbons (Fsp3) is 0.462. The summed E-state index contributed by atoms with van der Waals surface area (Å²) in [6, 6.07) is 5.34. The van der Waals surface area contributed by atoms with Crippen molar-refractivity contribution < 1.29 is 14.6 Å². The van der Waals surface area contributed by atoms with Gasteiger partial charge in [-0.05, 0) is 31.4 Å². The van der Waals surface area contributed by atoms with Crippen LogP contribution in [0.25, 0.3) is 0 Å². The van der Waals surface area contributed by atoms with E-state index >= 15 is 0 Å². The van der Waals surface area contributed by atoms with E-state index in [0.717, 1.165) is 12.8 Å². The highest BCUT2D eigenvalue weighted by molar-refractivity contribution is 5.97. The first kappa shape index (κ1) is 11.9. The number of phenols is 1. The Kier molecular flexibility index (Phi) is 3.64. The summed E-state index contributed by atoms with van der Waals surface area (Å²) in [7, 11) is 0. The summed E-state index contributed by atoms with van der Waals surface area (Å²) >= 11 is 0. The maximum atomic E-state index is 12.0. The number of hydrogen-bond acceptors (Lipinski definition) is 3. The Morgan fingerprint density at radius 3 is 2.82 bits per heavy atom. The van der Waals surface area contributed by atoms with Crippen LogP contribution in [0.1, 0.15) is 28.8 Å². The number of aromatic hydroxyl groups is 1. The molecule has 4 nitrogen and oxygen atoms in total. The molecule has 1 amide bonds. The maximum Gasteiger partial charge on any atom is 0.255 e. The molecule has 1 saturated heterocycles. The van der Waals surface area contributed by atoms with Crippen LogP contribution in [0, 0.1) is 6.92 Å². The molecule has 0 radical (unpaired) electrons. The van der Waals surface area contributed by atoms with Crippen molar-refractivity contribution in [2.45, 2.75) is 25.8 Å². The van der Waals surface area contributed by atoms with Gasteiger partial charge in [-0.25, -0.2) is 0 Å². The third-order valence-electron chi connectivity index (χ3n) is 3.04. The van der Waals surface area contributed by atoms with Crippen LogP contribution in [0.15, 0.2) is 18.2 Å². The molecule has 1 aromatic carbocycles. The van der Waals surface area contributed by atoms with Crippen LogP contribution in [-0.2, 0) is 4.74 Å². The summed E-state index contributed by atoms with van der Waals surface area (Å²) in [5, 5.41) is 12.7. The molecule has 1 fully saturated rings. The topological polar surface area (TPSA) is 58.6 Å². The van der Waals surface area contributed by atoms with Crippen LogP contribution < -0.4 is 5.32 Å². The van der Waals surface area contributed by atoms with Gasteiger partial charge in [0.1, 0.15) is 5.75 Å². The number of hydrogen-bond donors (Lipinski definition) is 2. The van der Waals surface area contributed by atoms with E-state index in [1.165, 1.54) is 0 Å².